The molecule has 2 aliphatic carbocycles. The smallest absolute Gasteiger partial charge is 0.164 e. The highest BCUT2D eigenvalue weighted by Crippen LogP contribution is 2.57. The average Bonchev–Trinajstić information content (AvgIpc) is 3.69. The Morgan fingerprint density at radius 1 is 0.449 bits per heavy atom. The number of hydrogen-bond donors (Lipinski definition) is 0. The van der Waals surface area contributed by atoms with Gasteiger partial charge in [-0.1, -0.05) is 141 Å². The Hall–Kier alpha value is -5.87. The summed E-state index contributed by atoms with van der Waals surface area (Å²) in [6.07, 6.45) is 6.32. The standard InChI is InChI=1S/C45H33N3O/c1-3-14-29(15-4-1)42-46-43(48-44(47-42)35-21-13-25-39-41(35)34-19-6-8-24-38(34)49-39)31-17-11-16-30(28-31)32-20-12-23-37-40(32)33-18-5-7-22-36(33)45(37)26-9-2-10-27-45/h1,3-8,11-25,28H,2,9-10,26-27H2. The second-order valence-corrected chi connectivity index (χ2v) is 13.4. The van der Waals surface area contributed by atoms with Gasteiger partial charge in [0.1, 0.15) is 11.2 Å². The maximum atomic E-state index is 6.24. The molecule has 0 bridgehead atoms. The zero-order valence-corrected chi connectivity index (χ0v) is 27.1. The van der Waals surface area contributed by atoms with Crippen LogP contribution in [0.5, 0.6) is 0 Å². The third-order valence-corrected chi connectivity index (χ3v) is 10.7. The summed E-state index contributed by atoms with van der Waals surface area (Å²) in [5.74, 6) is 1.91. The highest BCUT2D eigenvalue weighted by Gasteiger charge is 2.44. The number of fused-ring (bicyclic) bond motifs is 8. The molecule has 2 heterocycles. The van der Waals surface area contributed by atoms with E-state index in [-0.39, 0.29) is 5.41 Å². The van der Waals surface area contributed by atoms with E-state index in [0.717, 1.165) is 38.6 Å². The molecular formula is C45H33N3O. The van der Waals surface area contributed by atoms with E-state index in [0.29, 0.717) is 17.5 Å². The van der Waals surface area contributed by atoms with Gasteiger partial charge in [-0.15, -0.1) is 0 Å². The van der Waals surface area contributed by atoms with Gasteiger partial charge in [0, 0.05) is 32.9 Å². The molecule has 0 radical (unpaired) electrons. The van der Waals surface area contributed by atoms with Crippen molar-refractivity contribution < 1.29 is 4.42 Å². The lowest BCUT2D eigenvalue weighted by Crippen LogP contribution is -2.27. The molecule has 0 aliphatic heterocycles. The van der Waals surface area contributed by atoms with Gasteiger partial charge in [0.2, 0.25) is 0 Å². The average molecular weight is 632 g/mol. The zero-order valence-electron chi connectivity index (χ0n) is 27.1. The number of benzene rings is 6. The molecule has 0 unspecified atom stereocenters. The van der Waals surface area contributed by atoms with Crippen molar-refractivity contribution in [2.24, 2.45) is 0 Å². The van der Waals surface area contributed by atoms with Gasteiger partial charge in [0.05, 0.1) is 0 Å². The molecular weight excluding hydrogens is 599 g/mol. The van der Waals surface area contributed by atoms with Gasteiger partial charge < -0.3 is 4.42 Å². The molecule has 6 aromatic carbocycles. The molecule has 0 amide bonds. The van der Waals surface area contributed by atoms with Crippen molar-refractivity contribution in [3.63, 3.8) is 0 Å². The Balaban J connectivity index is 1.16. The predicted molar refractivity (Wildman–Crippen MR) is 198 cm³/mol. The molecule has 10 rings (SSSR count). The maximum absolute atomic E-state index is 6.24. The summed E-state index contributed by atoms with van der Waals surface area (Å²) < 4.78 is 6.24. The third-order valence-electron chi connectivity index (χ3n) is 10.7. The number of rotatable bonds is 4. The number of hydrogen-bond acceptors (Lipinski definition) is 4. The Morgan fingerprint density at radius 2 is 1.06 bits per heavy atom. The van der Waals surface area contributed by atoms with Crippen molar-refractivity contribution >= 4 is 21.9 Å². The van der Waals surface area contributed by atoms with Crippen molar-refractivity contribution in [1.29, 1.82) is 0 Å². The van der Waals surface area contributed by atoms with E-state index >= 15 is 0 Å². The van der Waals surface area contributed by atoms with E-state index in [1.165, 1.54) is 65.5 Å². The van der Waals surface area contributed by atoms with E-state index < -0.39 is 0 Å². The Bertz CT molecular complexity index is 2540. The van der Waals surface area contributed by atoms with E-state index in [1.807, 2.05) is 48.5 Å². The van der Waals surface area contributed by atoms with Crippen molar-refractivity contribution in [3.05, 3.63) is 151 Å². The van der Waals surface area contributed by atoms with Crippen LogP contribution < -0.4 is 0 Å². The van der Waals surface area contributed by atoms with Crippen LogP contribution in [0.25, 0.3) is 78.4 Å². The second-order valence-electron chi connectivity index (χ2n) is 13.4. The molecule has 1 spiro atoms. The van der Waals surface area contributed by atoms with E-state index in [2.05, 4.69) is 91.0 Å². The number of aromatic nitrogens is 3. The van der Waals surface area contributed by atoms with Crippen LogP contribution in [0.4, 0.5) is 0 Å². The normalized spacial score (nSPS) is 14.7. The summed E-state index contributed by atoms with van der Waals surface area (Å²) in [5.41, 5.74) is 12.8. The molecule has 4 nitrogen and oxygen atoms in total. The molecule has 1 fully saturated rings. The number of para-hydroxylation sites is 1. The highest BCUT2D eigenvalue weighted by atomic mass is 16.3. The minimum atomic E-state index is 0.115. The molecule has 2 aliphatic rings. The van der Waals surface area contributed by atoms with Crippen LogP contribution in [0.15, 0.2) is 144 Å². The third kappa shape index (κ3) is 4.40. The van der Waals surface area contributed by atoms with Crippen LogP contribution in [-0.2, 0) is 5.41 Å². The fraction of sp³-hybridized carbons (Fsp3) is 0.133. The first-order valence-electron chi connectivity index (χ1n) is 17.3. The molecule has 234 valence electrons. The lowest BCUT2D eigenvalue weighted by Gasteiger charge is -2.36. The first-order chi connectivity index (χ1) is 24.3. The zero-order chi connectivity index (χ0) is 32.4. The molecule has 8 aromatic rings. The molecule has 4 heteroatoms. The minimum Gasteiger partial charge on any atom is -0.456 e. The van der Waals surface area contributed by atoms with Gasteiger partial charge in [-0.2, -0.15) is 0 Å². The summed E-state index contributed by atoms with van der Waals surface area (Å²) in [6, 6.07) is 49.2. The molecule has 0 saturated heterocycles. The minimum absolute atomic E-state index is 0.115. The van der Waals surface area contributed by atoms with E-state index in [9.17, 15) is 0 Å². The quantitative estimate of drug-likeness (QED) is 0.194. The van der Waals surface area contributed by atoms with Crippen LogP contribution in [0.3, 0.4) is 0 Å². The van der Waals surface area contributed by atoms with Gasteiger partial charge in [-0.3, -0.25) is 0 Å². The maximum Gasteiger partial charge on any atom is 0.164 e. The molecule has 0 N–H and O–H groups in total. The predicted octanol–water partition coefficient (Wildman–Crippen LogP) is 11.7. The molecule has 2 aromatic heterocycles. The van der Waals surface area contributed by atoms with Crippen molar-refractivity contribution in [3.8, 4) is 56.4 Å². The second kappa shape index (κ2) is 11.1. The fourth-order valence-electron chi connectivity index (χ4n) is 8.57. The largest absolute Gasteiger partial charge is 0.456 e. The first-order valence-corrected chi connectivity index (χ1v) is 17.3. The number of nitrogens with zero attached hydrogens (tertiary/aromatic N) is 3. The van der Waals surface area contributed by atoms with Crippen molar-refractivity contribution in [2.45, 2.75) is 37.5 Å². The summed E-state index contributed by atoms with van der Waals surface area (Å²) >= 11 is 0. The van der Waals surface area contributed by atoms with Gasteiger partial charge >= 0.3 is 0 Å². The molecule has 0 atom stereocenters. The van der Waals surface area contributed by atoms with Gasteiger partial charge in [-0.05, 0) is 64.4 Å². The summed E-state index contributed by atoms with van der Waals surface area (Å²) in [4.78, 5) is 15.4. The highest BCUT2D eigenvalue weighted by molar-refractivity contribution is 6.11. The topological polar surface area (TPSA) is 51.8 Å². The monoisotopic (exact) mass is 631 g/mol. The van der Waals surface area contributed by atoms with Crippen LogP contribution in [0.1, 0.15) is 43.2 Å². The summed E-state index contributed by atoms with van der Waals surface area (Å²) in [6.45, 7) is 0. The Kier molecular flexibility index (Phi) is 6.38. The van der Waals surface area contributed by atoms with Crippen molar-refractivity contribution in [1.82, 2.24) is 15.0 Å². The van der Waals surface area contributed by atoms with E-state index in [1.54, 1.807) is 0 Å². The van der Waals surface area contributed by atoms with E-state index in [4.69, 9.17) is 19.4 Å². The first kappa shape index (κ1) is 28.2. The van der Waals surface area contributed by atoms with Crippen LogP contribution >= 0.6 is 0 Å². The fourth-order valence-corrected chi connectivity index (χ4v) is 8.57. The molecule has 49 heavy (non-hydrogen) atoms. The lowest BCUT2D eigenvalue weighted by atomic mass is 9.68. The summed E-state index contributed by atoms with van der Waals surface area (Å²) in [5, 5.41) is 2.06. The Labute approximate surface area is 285 Å². The number of furan rings is 1. The lowest BCUT2D eigenvalue weighted by molar-refractivity contribution is 0.353. The molecule has 1 saturated carbocycles. The Morgan fingerprint density at radius 3 is 1.96 bits per heavy atom. The van der Waals surface area contributed by atoms with Gasteiger partial charge in [0.15, 0.2) is 17.5 Å². The van der Waals surface area contributed by atoms with Gasteiger partial charge in [0.25, 0.3) is 0 Å². The SMILES string of the molecule is c1ccc(-c2nc(-c3cccc(-c4cccc5c4-c4ccccc4C54CCCCC4)c3)nc(-c3cccc4oc5ccccc5c34)n2)cc1. The summed E-state index contributed by atoms with van der Waals surface area (Å²) in [7, 11) is 0. The van der Waals surface area contributed by atoms with Crippen LogP contribution in [0.2, 0.25) is 0 Å². The van der Waals surface area contributed by atoms with Crippen molar-refractivity contribution in [2.75, 3.05) is 0 Å². The van der Waals surface area contributed by atoms with Gasteiger partial charge in [-0.25, -0.2) is 15.0 Å². The van der Waals surface area contributed by atoms with Crippen LogP contribution in [-0.4, -0.2) is 15.0 Å². The van der Waals surface area contributed by atoms with Crippen LogP contribution in [0, 0.1) is 0 Å².